The standard InChI is InChI=1S/C60H104O6/c1-4-7-10-13-16-19-22-25-27-29-30-31-33-35-38-41-44-47-50-53-59(62)65-56-57(55-64-58(61)52-49-46-43-40-37-34-24-21-18-15-12-9-6-3)66-60(63)54-51-48-45-42-39-36-32-28-26-23-20-17-14-11-8-5-2/h7,10,16,19,21,24-25,27-28,30-32,57H,4-6,8-9,11-15,17-18,20,22-23,26,29,33-56H2,1-3H3/b10-7-,19-16-,24-21-,27-25-,31-30-,32-28-. The first-order chi connectivity index (χ1) is 32.5. The molecule has 0 spiro atoms. The lowest BCUT2D eigenvalue weighted by Gasteiger charge is -2.18. The van der Waals surface area contributed by atoms with Crippen molar-refractivity contribution in [2.24, 2.45) is 0 Å². The van der Waals surface area contributed by atoms with Crippen LogP contribution < -0.4 is 0 Å². The number of hydrogen-bond acceptors (Lipinski definition) is 6. The van der Waals surface area contributed by atoms with Crippen molar-refractivity contribution in [3.05, 3.63) is 72.9 Å². The third kappa shape index (κ3) is 51.8. The van der Waals surface area contributed by atoms with Crippen molar-refractivity contribution < 1.29 is 28.6 Å². The quantitative estimate of drug-likeness (QED) is 0.0262. The minimum Gasteiger partial charge on any atom is -0.462 e. The number of carbonyl (C=O) groups is 3. The summed E-state index contributed by atoms with van der Waals surface area (Å²) in [5.41, 5.74) is 0. The Morgan fingerprint density at radius 1 is 0.318 bits per heavy atom. The molecule has 0 aliphatic rings. The maximum absolute atomic E-state index is 12.8. The Bertz CT molecular complexity index is 1240. The van der Waals surface area contributed by atoms with Gasteiger partial charge in [0, 0.05) is 19.3 Å². The maximum Gasteiger partial charge on any atom is 0.306 e. The van der Waals surface area contributed by atoms with Gasteiger partial charge in [-0.05, 0) is 109 Å². The first-order valence-electron chi connectivity index (χ1n) is 27.9. The fraction of sp³-hybridized carbons (Fsp3) is 0.750. The maximum atomic E-state index is 12.8. The van der Waals surface area contributed by atoms with Crippen molar-refractivity contribution in [3.63, 3.8) is 0 Å². The Labute approximate surface area is 408 Å². The Morgan fingerprint density at radius 2 is 0.591 bits per heavy atom. The normalized spacial score (nSPS) is 12.6. The number of rotatable bonds is 50. The van der Waals surface area contributed by atoms with Crippen molar-refractivity contribution in [3.8, 4) is 0 Å². The van der Waals surface area contributed by atoms with Crippen LogP contribution in [0.1, 0.15) is 271 Å². The van der Waals surface area contributed by atoms with Gasteiger partial charge in [-0.15, -0.1) is 0 Å². The molecular weight excluding hydrogens is 817 g/mol. The molecule has 1 unspecified atom stereocenters. The Kier molecular flexibility index (Phi) is 51.9. The van der Waals surface area contributed by atoms with E-state index in [-0.39, 0.29) is 31.1 Å². The molecule has 6 heteroatoms. The lowest BCUT2D eigenvalue weighted by molar-refractivity contribution is -0.167. The first kappa shape index (κ1) is 62.8. The number of unbranched alkanes of at least 4 members (excludes halogenated alkanes) is 27. The van der Waals surface area contributed by atoms with Gasteiger partial charge < -0.3 is 14.2 Å². The van der Waals surface area contributed by atoms with Gasteiger partial charge in [0.2, 0.25) is 0 Å². The fourth-order valence-corrected chi connectivity index (χ4v) is 7.72. The lowest BCUT2D eigenvalue weighted by Crippen LogP contribution is -2.30. The Hall–Kier alpha value is -3.15. The van der Waals surface area contributed by atoms with Gasteiger partial charge in [-0.1, -0.05) is 216 Å². The second-order valence-electron chi connectivity index (χ2n) is 18.5. The molecule has 0 heterocycles. The summed E-state index contributed by atoms with van der Waals surface area (Å²) in [6.45, 7) is 6.49. The Balaban J connectivity index is 4.41. The van der Waals surface area contributed by atoms with Crippen LogP contribution in [0.25, 0.3) is 0 Å². The molecule has 1 atom stereocenters. The van der Waals surface area contributed by atoms with Crippen LogP contribution in [0.5, 0.6) is 0 Å². The van der Waals surface area contributed by atoms with Gasteiger partial charge >= 0.3 is 17.9 Å². The zero-order valence-corrected chi connectivity index (χ0v) is 43.4. The van der Waals surface area contributed by atoms with E-state index in [1.54, 1.807) is 0 Å². The molecule has 380 valence electrons. The summed E-state index contributed by atoms with van der Waals surface area (Å²) in [6, 6.07) is 0. The Morgan fingerprint density at radius 3 is 0.955 bits per heavy atom. The molecule has 0 aliphatic carbocycles. The van der Waals surface area contributed by atoms with E-state index < -0.39 is 6.10 Å². The van der Waals surface area contributed by atoms with E-state index in [0.717, 1.165) is 109 Å². The van der Waals surface area contributed by atoms with Gasteiger partial charge in [0.25, 0.3) is 0 Å². The average molecular weight is 921 g/mol. The third-order valence-corrected chi connectivity index (χ3v) is 11.9. The van der Waals surface area contributed by atoms with Gasteiger partial charge in [-0.2, -0.15) is 0 Å². The third-order valence-electron chi connectivity index (χ3n) is 11.9. The predicted octanol–water partition coefficient (Wildman–Crippen LogP) is 18.6. The molecule has 0 aromatic heterocycles. The number of carbonyl (C=O) groups excluding carboxylic acids is 3. The van der Waals surface area contributed by atoms with Crippen LogP contribution in [0.4, 0.5) is 0 Å². The number of hydrogen-bond donors (Lipinski definition) is 0. The summed E-state index contributed by atoms with van der Waals surface area (Å²) in [5, 5.41) is 0. The van der Waals surface area contributed by atoms with Crippen LogP contribution >= 0.6 is 0 Å². The molecule has 0 aromatic rings. The van der Waals surface area contributed by atoms with E-state index in [1.165, 1.54) is 122 Å². The van der Waals surface area contributed by atoms with Crippen molar-refractivity contribution in [1.29, 1.82) is 0 Å². The first-order valence-corrected chi connectivity index (χ1v) is 27.9. The van der Waals surface area contributed by atoms with Crippen molar-refractivity contribution in [2.45, 2.75) is 277 Å². The zero-order valence-electron chi connectivity index (χ0n) is 43.4. The van der Waals surface area contributed by atoms with Crippen LogP contribution in [0.15, 0.2) is 72.9 Å². The second kappa shape index (κ2) is 54.5. The van der Waals surface area contributed by atoms with E-state index in [1.807, 2.05) is 0 Å². The summed E-state index contributed by atoms with van der Waals surface area (Å²) >= 11 is 0. The topological polar surface area (TPSA) is 78.9 Å². The van der Waals surface area contributed by atoms with Gasteiger partial charge in [-0.25, -0.2) is 0 Å². The van der Waals surface area contributed by atoms with Crippen LogP contribution in [0.3, 0.4) is 0 Å². The molecule has 0 aromatic carbocycles. The van der Waals surface area contributed by atoms with E-state index in [9.17, 15) is 14.4 Å². The summed E-state index contributed by atoms with van der Waals surface area (Å²) in [5.74, 6) is -0.912. The molecule has 0 bridgehead atoms. The van der Waals surface area contributed by atoms with Gasteiger partial charge in [0.1, 0.15) is 13.2 Å². The van der Waals surface area contributed by atoms with E-state index in [2.05, 4.69) is 93.7 Å². The molecule has 0 aliphatic heterocycles. The largest absolute Gasteiger partial charge is 0.462 e. The second-order valence-corrected chi connectivity index (χ2v) is 18.5. The molecule has 0 amide bonds. The summed E-state index contributed by atoms with van der Waals surface area (Å²) in [7, 11) is 0. The highest BCUT2D eigenvalue weighted by Gasteiger charge is 2.19. The van der Waals surface area contributed by atoms with Crippen molar-refractivity contribution in [1.82, 2.24) is 0 Å². The fourth-order valence-electron chi connectivity index (χ4n) is 7.72. The highest BCUT2D eigenvalue weighted by atomic mass is 16.6. The highest BCUT2D eigenvalue weighted by Crippen LogP contribution is 2.14. The molecule has 0 N–H and O–H groups in total. The van der Waals surface area contributed by atoms with Gasteiger partial charge in [0.05, 0.1) is 0 Å². The van der Waals surface area contributed by atoms with E-state index in [4.69, 9.17) is 14.2 Å². The number of allylic oxidation sites excluding steroid dienone is 12. The van der Waals surface area contributed by atoms with Crippen molar-refractivity contribution in [2.75, 3.05) is 13.2 Å². The van der Waals surface area contributed by atoms with Crippen LogP contribution in [-0.2, 0) is 28.6 Å². The molecule has 0 saturated heterocycles. The molecule has 6 nitrogen and oxygen atoms in total. The predicted molar refractivity (Wildman–Crippen MR) is 284 cm³/mol. The van der Waals surface area contributed by atoms with Gasteiger partial charge in [0.15, 0.2) is 6.10 Å². The van der Waals surface area contributed by atoms with Gasteiger partial charge in [-0.3, -0.25) is 14.4 Å². The lowest BCUT2D eigenvalue weighted by atomic mass is 10.1. The average Bonchev–Trinajstić information content (AvgIpc) is 3.31. The monoisotopic (exact) mass is 921 g/mol. The minimum atomic E-state index is -0.789. The molecule has 0 fully saturated rings. The van der Waals surface area contributed by atoms with Crippen LogP contribution in [0.2, 0.25) is 0 Å². The summed E-state index contributed by atoms with van der Waals surface area (Å²) in [4.78, 5) is 38.1. The van der Waals surface area contributed by atoms with Crippen LogP contribution in [0, 0.1) is 0 Å². The smallest absolute Gasteiger partial charge is 0.306 e. The SMILES string of the molecule is CC/C=C\C/C=C\C/C=C\C/C=C\CCCCCCCCC(=O)OCC(COC(=O)CCCCCCC/C=C\CCCCCC)OC(=O)CCCCCCC/C=C\CCCCCCCCC. The number of ether oxygens (including phenoxy) is 3. The molecule has 66 heavy (non-hydrogen) atoms. The molecule has 0 saturated carbocycles. The van der Waals surface area contributed by atoms with Crippen molar-refractivity contribution >= 4 is 17.9 Å². The molecule has 0 radical (unpaired) electrons. The van der Waals surface area contributed by atoms with E-state index in [0.29, 0.717) is 19.3 Å². The molecule has 0 rings (SSSR count). The minimum absolute atomic E-state index is 0.0873. The summed E-state index contributed by atoms with van der Waals surface area (Å²) < 4.78 is 16.8. The zero-order chi connectivity index (χ0) is 47.9. The summed E-state index contributed by atoms with van der Waals surface area (Å²) in [6.07, 6.45) is 68.8. The van der Waals surface area contributed by atoms with Crippen LogP contribution in [-0.4, -0.2) is 37.2 Å². The number of esters is 3. The molecular formula is C60H104O6. The van der Waals surface area contributed by atoms with E-state index >= 15 is 0 Å². The highest BCUT2D eigenvalue weighted by molar-refractivity contribution is 5.71.